The molecule has 1 rings (SSSR count). The van der Waals surface area contributed by atoms with Gasteiger partial charge in [0.1, 0.15) is 0 Å². The lowest BCUT2D eigenvalue weighted by molar-refractivity contribution is 0.0686. The molecule has 1 aliphatic rings. The third-order valence-electron chi connectivity index (χ3n) is 2.31. The molecule has 0 heterocycles. The van der Waals surface area contributed by atoms with E-state index in [9.17, 15) is 8.78 Å². The molecule has 1 saturated carbocycles. The molecule has 0 unspecified atom stereocenters. The zero-order valence-electron chi connectivity index (χ0n) is 9.39. The molecular weight excluding hydrogens is 184 g/mol. The summed E-state index contributed by atoms with van der Waals surface area (Å²) in [6.45, 7) is 7.86. The number of alkyl halides is 2. The van der Waals surface area contributed by atoms with Crippen molar-refractivity contribution in [2.75, 3.05) is 19.6 Å². The van der Waals surface area contributed by atoms with Crippen LogP contribution in [0.25, 0.3) is 0 Å². The van der Waals surface area contributed by atoms with Gasteiger partial charge in [-0.15, -0.1) is 0 Å². The molecule has 0 amide bonds. The van der Waals surface area contributed by atoms with E-state index < -0.39 is 6.43 Å². The largest absolute Gasteiger partial charge is 0.297 e. The summed E-state index contributed by atoms with van der Waals surface area (Å²) < 4.78 is 24.6. The normalized spacial score (nSPS) is 18.2. The van der Waals surface area contributed by atoms with Gasteiger partial charge in [-0.25, -0.2) is 8.78 Å². The Morgan fingerprint density at radius 2 is 1.86 bits per heavy atom. The monoisotopic (exact) mass is 205 g/mol. The lowest BCUT2D eigenvalue weighted by Crippen LogP contribution is -2.37. The molecule has 3 heteroatoms. The molecule has 0 saturated heterocycles. The van der Waals surface area contributed by atoms with E-state index in [2.05, 4.69) is 20.8 Å². The van der Waals surface area contributed by atoms with E-state index >= 15 is 0 Å². The van der Waals surface area contributed by atoms with Gasteiger partial charge < -0.3 is 0 Å². The molecular formula is C11H21F2N. The summed E-state index contributed by atoms with van der Waals surface area (Å²) in [7, 11) is 0. The van der Waals surface area contributed by atoms with E-state index in [1.54, 1.807) is 0 Å². The molecule has 0 N–H and O–H groups in total. The standard InChI is InChI=1S/C11H21F2N/c1-11(2,3)8-14(7-10(12)13)6-9-4-5-9/h9-10H,4-8H2,1-3H3. The first-order valence-electron chi connectivity index (χ1n) is 5.37. The average Bonchev–Trinajstić information content (AvgIpc) is 2.64. The SMILES string of the molecule is CC(C)(C)CN(CC(F)F)CC1CC1. The molecule has 0 radical (unpaired) electrons. The van der Waals surface area contributed by atoms with Gasteiger partial charge >= 0.3 is 0 Å². The van der Waals surface area contributed by atoms with Crippen LogP contribution in [-0.4, -0.2) is 31.0 Å². The van der Waals surface area contributed by atoms with Crippen molar-refractivity contribution in [2.24, 2.45) is 11.3 Å². The molecule has 0 atom stereocenters. The molecule has 1 fully saturated rings. The predicted octanol–water partition coefficient (Wildman–Crippen LogP) is 3.01. The molecule has 0 aromatic heterocycles. The maximum absolute atomic E-state index is 12.3. The van der Waals surface area contributed by atoms with Gasteiger partial charge in [0, 0.05) is 13.1 Å². The Hall–Kier alpha value is -0.180. The third-order valence-corrected chi connectivity index (χ3v) is 2.31. The Morgan fingerprint density at radius 3 is 2.21 bits per heavy atom. The van der Waals surface area contributed by atoms with Crippen molar-refractivity contribution in [1.29, 1.82) is 0 Å². The highest BCUT2D eigenvalue weighted by Gasteiger charge is 2.27. The number of hydrogen-bond donors (Lipinski definition) is 0. The van der Waals surface area contributed by atoms with Crippen LogP contribution in [0.15, 0.2) is 0 Å². The number of hydrogen-bond acceptors (Lipinski definition) is 1. The Morgan fingerprint density at radius 1 is 1.29 bits per heavy atom. The quantitative estimate of drug-likeness (QED) is 0.667. The summed E-state index contributed by atoms with van der Waals surface area (Å²) >= 11 is 0. The van der Waals surface area contributed by atoms with Gasteiger partial charge in [-0.05, 0) is 24.2 Å². The van der Waals surface area contributed by atoms with E-state index in [0.717, 1.165) is 13.1 Å². The number of halogens is 2. The van der Waals surface area contributed by atoms with Crippen molar-refractivity contribution >= 4 is 0 Å². The highest BCUT2D eigenvalue weighted by molar-refractivity contribution is 4.79. The van der Waals surface area contributed by atoms with Gasteiger partial charge in [0.15, 0.2) is 0 Å². The third kappa shape index (κ3) is 5.53. The maximum Gasteiger partial charge on any atom is 0.251 e. The summed E-state index contributed by atoms with van der Waals surface area (Å²) in [6.07, 6.45) is 0.254. The Bertz CT molecular complexity index is 167. The van der Waals surface area contributed by atoms with Crippen molar-refractivity contribution in [1.82, 2.24) is 4.90 Å². The maximum atomic E-state index is 12.3. The number of rotatable bonds is 5. The molecule has 0 bridgehead atoms. The van der Waals surface area contributed by atoms with Gasteiger partial charge in [-0.2, -0.15) is 0 Å². The van der Waals surface area contributed by atoms with Crippen LogP contribution in [0.2, 0.25) is 0 Å². The van der Waals surface area contributed by atoms with Gasteiger partial charge in [0.25, 0.3) is 6.43 Å². The second kappa shape index (κ2) is 4.56. The summed E-state index contributed by atoms with van der Waals surface area (Å²) in [5.41, 5.74) is 0.115. The second-order valence-corrected chi connectivity index (χ2v) is 5.59. The molecule has 0 aromatic rings. The van der Waals surface area contributed by atoms with Crippen LogP contribution in [0.5, 0.6) is 0 Å². The molecule has 0 aliphatic heterocycles. The molecule has 84 valence electrons. The van der Waals surface area contributed by atoms with Crippen LogP contribution in [0.4, 0.5) is 8.78 Å². The van der Waals surface area contributed by atoms with Crippen molar-refractivity contribution in [3.05, 3.63) is 0 Å². The fourth-order valence-corrected chi connectivity index (χ4v) is 1.74. The first-order chi connectivity index (χ1) is 6.37. The Kier molecular flexibility index (Phi) is 3.87. The lowest BCUT2D eigenvalue weighted by Gasteiger charge is -2.29. The van der Waals surface area contributed by atoms with Crippen molar-refractivity contribution < 1.29 is 8.78 Å². The summed E-state index contributed by atoms with van der Waals surface area (Å²) in [6, 6.07) is 0. The van der Waals surface area contributed by atoms with Gasteiger partial charge in [-0.3, -0.25) is 4.90 Å². The summed E-state index contributed by atoms with van der Waals surface area (Å²) in [5, 5.41) is 0. The highest BCUT2D eigenvalue weighted by Crippen LogP contribution is 2.30. The van der Waals surface area contributed by atoms with Gasteiger partial charge in [-0.1, -0.05) is 20.8 Å². The van der Waals surface area contributed by atoms with E-state index in [1.165, 1.54) is 12.8 Å². The molecule has 14 heavy (non-hydrogen) atoms. The zero-order chi connectivity index (χ0) is 10.8. The first-order valence-corrected chi connectivity index (χ1v) is 5.37. The van der Waals surface area contributed by atoms with Crippen LogP contribution >= 0.6 is 0 Å². The van der Waals surface area contributed by atoms with Crippen molar-refractivity contribution in [3.63, 3.8) is 0 Å². The van der Waals surface area contributed by atoms with Crippen LogP contribution in [0.1, 0.15) is 33.6 Å². The van der Waals surface area contributed by atoms with Crippen LogP contribution < -0.4 is 0 Å². The van der Waals surface area contributed by atoms with Crippen molar-refractivity contribution in [3.8, 4) is 0 Å². The smallest absolute Gasteiger partial charge is 0.251 e. The lowest BCUT2D eigenvalue weighted by atomic mass is 9.96. The van der Waals surface area contributed by atoms with Gasteiger partial charge in [0.2, 0.25) is 0 Å². The molecule has 0 spiro atoms. The fourth-order valence-electron chi connectivity index (χ4n) is 1.74. The second-order valence-electron chi connectivity index (χ2n) is 5.59. The minimum absolute atomic E-state index is 0.0617. The molecule has 0 aromatic carbocycles. The topological polar surface area (TPSA) is 3.24 Å². The van der Waals surface area contributed by atoms with Crippen LogP contribution in [0.3, 0.4) is 0 Å². The minimum Gasteiger partial charge on any atom is -0.297 e. The van der Waals surface area contributed by atoms with E-state index in [0.29, 0.717) is 5.92 Å². The van der Waals surface area contributed by atoms with E-state index in [-0.39, 0.29) is 12.0 Å². The Labute approximate surface area is 85.5 Å². The number of nitrogens with zero attached hydrogens (tertiary/aromatic N) is 1. The molecule has 1 nitrogen and oxygen atoms in total. The summed E-state index contributed by atoms with van der Waals surface area (Å²) in [5.74, 6) is 0.691. The highest BCUT2D eigenvalue weighted by atomic mass is 19.3. The van der Waals surface area contributed by atoms with E-state index in [4.69, 9.17) is 0 Å². The predicted molar refractivity (Wildman–Crippen MR) is 54.6 cm³/mol. The first kappa shape index (κ1) is 11.9. The van der Waals surface area contributed by atoms with Crippen molar-refractivity contribution in [2.45, 2.75) is 40.0 Å². The zero-order valence-corrected chi connectivity index (χ0v) is 9.39. The van der Waals surface area contributed by atoms with E-state index in [1.807, 2.05) is 4.90 Å². The summed E-state index contributed by atoms with van der Waals surface area (Å²) in [4.78, 5) is 1.92. The Balaban J connectivity index is 2.34. The fraction of sp³-hybridized carbons (Fsp3) is 1.00. The van der Waals surface area contributed by atoms with Crippen LogP contribution in [0, 0.1) is 11.3 Å². The van der Waals surface area contributed by atoms with Gasteiger partial charge in [0.05, 0.1) is 6.54 Å². The minimum atomic E-state index is -2.20. The van der Waals surface area contributed by atoms with Crippen LogP contribution in [-0.2, 0) is 0 Å². The molecule has 1 aliphatic carbocycles. The average molecular weight is 205 g/mol.